The molecule has 39 heavy (non-hydrogen) atoms. The van der Waals surface area contributed by atoms with Gasteiger partial charge in [0, 0.05) is 50.5 Å². The molecule has 11 heteroatoms. The maximum atomic E-state index is 13.1. The van der Waals surface area contributed by atoms with E-state index in [-0.39, 0.29) is 16.5 Å². The zero-order valence-electron chi connectivity index (χ0n) is 21.8. The van der Waals surface area contributed by atoms with Crippen LogP contribution in [0.1, 0.15) is 21.5 Å². The van der Waals surface area contributed by atoms with Gasteiger partial charge < -0.3 is 10.2 Å². The molecule has 1 saturated heterocycles. The number of benzene rings is 3. The lowest BCUT2D eigenvalue weighted by molar-refractivity contribution is 0.0948. The normalized spacial score (nSPS) is 14.5. The first-order valence-corrected chi connectivity index (χ1v) is 15.0. The van der Waals surface area contributed by atoms with Crippen LogP contribution in [-0.4, -0.2) is 63.5 Å². The molecule has 0 aliphatic carbocycles. The number of aryl methyl sites for hydroxylation is 2. The van der Waals surface area contributed by atoms with Gasteiger partial charge in [0.05, 0.1) is 15.1 Å². The summed E-state index contributed by atoms with van der Waals surface area (Å²) in [6.07, 6.45) is 0. The molecule has 3 aromatic carbocycles. The van der Waals surface area contributed by atoms with E-state index in [1.807, 2.05) is 0 Å². The minimum Gasteiger partial charge on any atom is -0.351 e. The summed E-state index contributed by atoms with van der Waals surface area (Å²) < 4.78 is 42.0. The van der Waals surface area contributed by atoms with Crippen LogP contribution >= 0.6 is 11.3 Å². The van der Waals surface area contributed by atoms with Gasteiger partial charge in [0.2, 0.25) is 0 Å². The van der Waals surface area contributed by atoms with E-state index in [0.717, 1.165) is 49.0 Å². The minimum absolute atomic E-state index is 0.0628. The minimum atomic E-state index is -3.90. The molecule has 2 heterocycles. The highest BCUT2D eigenvalue weighted by Gasteiger charge is 2.21. The van der Waals surface area contributed by atoms with Gasteiger partial charge in [-0.15, -0.1) is 0 Å². The number of amides is 1. The molecule has 2 N–H and O–H groups in total. The zero-order chi connectivity index (χ0) is 27.6. The van der Waals surface area contributed by atoms with E-state index in [4.69, 9.17) is 4.98 Å². The molecule has 1 aliphatic heterocycles. The van der Waals surface area contributed by atoms with E-state index >= 15 is 0 Å². The molecule has 0 saturated carbocycles. The number of piperazine rings is 1. The molecule has 0 bridgehead atoms. The summed E-state index contributed by atoms with van der Waals surface area (Å²) in [5, 5.41) is 3.98. The number of sulfonamides is 1. The van der Waals surface area contributed by atoms with Crippen LogP contribution in [-0.2, 0) is 10.0 Å². The maximum absolute atomic E-state index is 13.1. The smallest absolute Gasteiger partial charge is 0.261 e. The fourth-order valence-corrected chi connectivity index (χ4v) is 6.88. The quantitative estimate of drug-likeness (QED) is 0.328. The predicted molar refractivity (Wildman–Crippen MR) is 154 cm³/mol. The van der Waals surface area contributed by atoms with Crippen molar-refractivity contribution in [1.82, 2.24) is 15.2 Å². The molecule has 1 fully saturated rings. The van der Waals surface area contributed by atoms with Crippen molar-refractivity contribution in [3.63, 3.8) is 0 Å². The molecule has 0 radical (unpaired) electrons. The number of carbonyl (C=O) groups is 1. The molecule has 0 spiro atoms. The Morgan fingerprint density at radius 2 is 1.77 bits per heavy atom. The number of hydrogen-bond acceptors (Lipinski definition) is 7. The number of nitrogens with zero attached hydrogens (tertiary/aromatic N) is 3. The Morgan fingerprint density at radius 3 is 2.51 bits per heavy atom. The van der Waals surface area contributed by atoms with Crippen LogP contribution in [0.2, 0.25) is 0 Å². The third-order valence-electron chi connectivity index (χ3n) is 6.68. The standard InChI is InChI=1S/C28H30FN5O3S2/c1-19-16-20(2)26-25(17-19)38-28(31-26)34-14-12-33(13-15-34)11-10-30-27(35)21-4-3-5-23(18-21)32-39(36,37)24-8-6-22(29)7-9-24/h3-9,16-18,32H,10-15H2,1-2H3,(H,30,35). The Kier molecular flexibility index (Phi) is 7.83. The first-order chi connectivity index (χ1) is 18.7. The monoisotopic (exact) mass is 567 g/mol. The molecule has 4 aromatic rings. The van der Waals surface area contributed by atoms with Gasteiger partial charge in [0.15, 0.2) is 5.13 Å². The first kappa shape index (κ1) is 27.0. The number of halogens is 1. The first-order valence-electron chi connectivity index (χ1n) is 12.7. The number of rotatable bonds is 8. The van der Waals surface area contributed by atoms with Crippen LogP contribution in [0.4, 0.5) is 15.2 Å². The van der Waals surface area contributed by atoms with Crippen molar-refractivity contribution >= 4 is 48.3 Å². The van der Waals surface area contributed by atoms with Crippen molar-refractivity contribution in [2.24, 2.45) is 0 Å². The van der Waals surface area contributed by atoms with Gasteiger partial charge in [-0.2, -0.15) is 0 Å². The number of fused-ring (bicyclic) bond motifs is 1. The summed E-state index contributed by atoms with van der Waals surface area (Å²) in [5.41, 5.74) is 4.14. The summed E-state index contributed by atoms with van der Waals surface area (Å²) in [6.45, 7) is 8.92. The maximum Gasteiger partial charge on any atom is 0.261 e. The lowest BCUT2D eigenvalue weighted by Crippen LogP contribution is -2.48. The Hall–Kier alpha value is -3.54. The molecule has 1 amide bonds. The lowest BCUT2D eigenvalue weighted by Gasteiger charge is -2.34. The van der Waals surface area contributed by atoms with Crippen LogP contribution in [0.5, 0.6) is 0 Å². The van der Waals surface area contributed by atoms with Gasteiger partial charge in [-0.3, -0.25) is 14.4 Å². The number of carbonyl (C=O) groups excluding carboxylic acids is 1. The lowest BCUT2D eigenvalue weighted by atomic mass is 10.1. The fourth-order valence-electron chi connectivity index (χ4n) is 4.64. The van der Waals surface area contributed by atoms with Crippen molar-refractivity contribution in [3.8, 4) is 0 Å². The summed E-state index contributed by atoms with van der Waals surface area (Å²) >= 11 is 1.74. The molecular weight excluding hydrogens is 537 g/mol. The highest BCUT2D eigenvalue weighted by molar-refractivity contribution is 7.92. The summed E-state index contributed by atoms with van der Waals surface area (Å²) in [6, 6.07) is 15.2. The Morgan fingerprint density at radius 1 is 1.03 bits per heavy atom. The number of thiazole rings is 1. The number of nitrogens with one attached hydrogen (secondary N) is 2. The molecule has 204 valence electrons. The number of hydrogen-bond donors (Lipinski definition) is 2. The second kappa shape index (κ2) is 11.3. The number of aromatic nitrogens is 1. The predicted octanol–water partition coefficient (Wildman–Crippen LogP) is 4.41. The van der Waals surface area contributed by atoms with E-state index in [1.54, 1.807) is 29.5 Å². The Bertz CT molecular complexity index is 1600. The SMILES string of the molecule is Cc1cc(C)c2nc(N3CCN(CCNC(=O)c4cccc(NS(=O)(=O)c5ccc(F)cc5)c4)CC3)sc2c1. The van der Waals surface area contributed by atoms with Gasteiger partial charge in [-0.1, -0.05) is 23.5 Å². The third-order valence-corrected chi connectivity index (χ3v) is 9.14. The van der Waals surface area contributed by atoms with E-state index in [1.165, 1.54) is 34.0 Å². The van der Waals surface area contributed by atoms with Gasteiger partial charge >= 0.3 is 0 Å². The van der Waals surface area contributed by atoms with Crippen molar-refractivity contribution in [2.75, 3.05) is 48.9 Å². The van der Waals surface area contributed by atoms with Crippen LogP contribution in [0.25, 0.3) is 10.2 Å². The van der Waals surface area contributed by atoms with Crippen LogP contribution in [0, 0.1) is 19.7 Å². The van der Waals surface area contributed by atoms with Crippen molar-refractivity contribution in [1.29, 1.82) is 0 Å². The Balaban J connectivity index is 1.11. The van der Waals surface area contributed by atoms with Crippen molar-refractivity contribution < 1.29 is 17.6 Å². The van der Waals surface area contributed by atoms with Crippen LogP contribution in [0.3, 0.4) is 0 Å². The van der Waals surface area contributed by atoms with Crippen molar-refractivity contribution in [2.45, 2.75) is 18.7 Å². The molecule has 1 aliphatic rings. The van der Waals surface area contributed by atoms with E-state index in [2.05, 4.69) is 45.8 Å². The second-order valence-electron chi connectivity index (χ2n) is 9.65. The topological polar surface area (TPSA) is 94.6 Å². The summed E-state index contributed by atoms with van der Waals surface area (Å²) in [5.74, 6) is -0.801. The molecule has 1 aromatic heterocycles. The zero-order valence-corrected chi connectivity index (χ0v) is 23.4. The molecule has 5 rings (SSSR count). The van der Waals surface area contributed by atoms with Gasteiger partial charge in [0.1, 0.15) is 5.82 Å². The highest BCUT2D eigenvalue weighted by atomic mass is 32.2. The summed E-state index contributed by atoms with van der Waals surface area (Å²) in [7, 11) is -3.90. The van der Waals surface area contributed by atoms with Crippen molar-refractivity contribution in [3.05, 3.63) is 83.2 Å². The third kappa shape index (κ3) is 6.38. The number of anilines is 2. The molecular formula is C28H30FN5O3S2. The second-order valence-corrected chi connectivity index (χ2v) is 12.3. The molecule has 0 unspecified atom stereocenters. The van der Waals surface area contributed by atoms with E-state index in [0.29, 0.717) is 18.7 Å². The van der Waals surface area contributed by atoms with Gasteiger partial charge in [-0.05, 0) is 73.5 Å². The van der Waals surface area contributed by atoms with Gasteiger partial charge in [-0.25, -0.2) is 17.8 Å². The average Bonchev–Trinajstić information content (AvgIpc) is 3.34. The van der Waals surface area contributed by atoms with E-state index in [9.17, 15) is 17.6 Å². The molecule has 0 atom stereocenters. The summed E-state index contributed by atoms with van der Waals surface area (Å²) in [4.78, 5) is 22.2. The van der Waals surface area contributed by atoms with Crippen LogP contribution in [0.15, 0.2) is 65.6 Å². The van der Waals surface area contributed by atoms with E-state index < -0.39 is 15.8 Å². The largest absolute Gasteiger partial charge is 0.351 e. The highest BCUT2D eigenvalue weighted by Crippen LogP contribution is 2.32. The molecule has 8 nitrogen and oxygen atoms in total. The van der Waals surface area contributed by atoms with Gasteiger partial charge in [0.25, 0.3) is 15.9 Å². The average molecular weight is 568 g/mol. The Labute approximate surface area is 231 Å². The van der Waals surface area contributed by atoms with Crippen LogP contribution < -0.4 is 14.9 Å². The fraction of sp³-hybridized carbons (Fsp3) is 0.286.